The lowest BCUT2D eigenvalue weighted by molar-refractivity contribution is -0.141. The maximum absolute atomic E-state index is 12.6. The summed E-state index contributed by atoms with van der Waals surface area (Å²) in [7, 11) is 0. The average molecular weight is 195 g/mol. The molecule has 1 saturated carbocycles. The minimum absolute atomic E-state index is 1.62. The third-order valence-electron chi connectivity index (χ3n) is 2.05. The molecule has 74 valence electrons. The molecule has 0 aromatic rings. The zero-order chi connectivity index (χ0) is 10.4. The zero-order valence-corrected chi connectivity index (χ0v) is 6.28. The van der Waals surface area contributed by atoms with Gasteiger partial charge in [0, 0.05) is 0 Å². The molecule has 1 aliphatic carbocycles. The van der Waals surface area contributed by atoms with Crippen LogP contribution in [-0.4, -0.2) is 34.1 Å². The molecule has 1 fully saturated rings. The smallest absolute Gasteiger partial charge is 0.321 e. The molecule has 5 nitrogen and oxygen atoms in total. The van der Waals surface area contributed by atoms with E-state index in [9.17, 15) is 18.4 Å². The number of carbonyl (C=O) groups is 2. The minimum Gasteiger partial charge on any atom is -0.481 e. The summed E-state index contributed by atoms with van der Waals surface area (Å²) in [6.07, 6.45) is 0. The summed E-state index contributed by atoms with van der Waals surface area (Å²) < 4.78 is 25.2. The molecule has 0 bridgehead atoms. The summed E-state index contributed by atoms with van der Waals surface area (Å²) in [6.45, 7) is 0. The Morgan fingerprint density at radius 1 is 1.38 bits per heavy atom. The van der Waals surface area contributed by atoms with Crippen LogP contribution in [0.25, 0.3) is 0 Å². The largest absolute Gasteiger partial charge is 0.481 e. The average Bonchev–Trinajstić information content (AvgIpc) is 2.51. The molecule has 4 N–H and O–H groups in total. The van der Waals surface area contributed by atoms with E-state index in [0.29, 0.717) is 0 Å². The Labute approximate surface area is 71.1 Å². The van der Waals surface area contributed by atoms with Crippen molar-refractivity contribution in [3.8, 4) is 0 Å². The molecule has 1 aliphatic rings. The molecule has 0 aromatic carbocycles. The van der Waals surface area contributed by atoms with Crippen LogP contribution in [-0.2, 0) is 9.59 Å². The number of alkyl halides is 2. The van der Waals surface area contributed by atoms with Crippen LogP contribution in [0.5, 0.6) is 0 Å². The van der Waals surface area contributed by atoms with Crippen molar-refractivity contribution < 1.29 is 28.6 Å². The highest BCUT2D eigenvalue weighted by molar-refractivity contribution is 5.81. The number of hydrogen-bond donors (Lipinski definition) is 3. The summed E-state index contributed by atoms with van der Waals surface area (Å²) in [5, 5.41) is 16.5. The molecule has 0 amide bonds. The van der Waals surface area contributed by atoms with Crippen molar-refractivity contribution in [3.63, 3.8) is 0 Å². The predicted molar refractivity (Wildman–Crippen MR) is 35.2 cm³/mol. The third-order valence-corrected chi connectivity index (χ3v) is 2.05. The van der Waals surface area contributed by atoms with Gasteiger partial charge in [0.1, 0.15) is 12.0 Å². The fourth-order valence-electron chi connectivity index (χ4n) is 1.27. The van der Waals surface area contributed by atoms with Crippen molar-refractivity contribution in [2.24, 2.45) is 17.6 Å². The number of aliphatic carboxylic acids is 2. The Hall–Kier alpha value is -1.24. The summed E-state index contributed by atoms with van der Waals surface area (Å²) in [5.41, 5.74) is 4.88. The molecule has 3 atom stereocenters. The molecule has 7 heteroatoms. The van der Waals surface area contributed by atoms with Crippen LogP contribution < -0.4 is 5.73 Å². The van der Waals surface area contributed by atoms with Gasteiger partial charge in [-0.2, -0.15) is 0 Å². The topological polar surface area (TPSA) is 101 Å². The molecule has 0 saturated heterocycles. The van der Waals surface area contributed by atoms with Crippen LogP contribution in [0.4, 0.5) is 8.78 Å². The Bertz CT molecular complexity index is 267. The number of carboxylic acids is 2. The van der Waals surface area contributed by atoms with Crippen LogP contribution in [0.1, 0.15) is 0 Å². The number of carboxylic acid groups (broad SMARTS) is 2. The third kappa shape index (κ3) is 1.35. The van der Waals surface area contributed by atoms with Crippen molar-refractivity contribution >= 4 is 11.9 Å². The van der Waals surface area contributed by atoms with Crippen molar-refractivity contribution in [3.05, 3.63) is 0 Å². The summed E-state index contributed by atoms with van der Waals surface area (Å²) in [4.78, 5) is 20.4. The van der Waals surface area contributed by atoms with Crippen LogP contribution >= 0.6 is 0 Å². The van der Waals surface area contributed by atoms with Gasteiger partial charge in [-0.15, -0.1) is 0 Å². The van der Waals surface area contributed by atoms with E-state index in [1.54, 1.807) is 0 Å². The van der Waals surface area contributed by atoms with E-state index >= 15 is 0 Å². The first-order valence-electron chi connectivity index (χ1n) is 3.39. The predicted octanol–water partition coefficient (Wildman–Crippen LogP) is -0.636. The highest BCUT2D eigenvalue weighted by Crippen LogP contribution is 2.56. The fraction of sp³-hybridized carbons (Fsp3) is 0.667. The van der Waals surface area contributed by atoms with Gasteiger partial charge in [-0.25, -0.2) is 8.78 Å². The van der Waals surface area contributed by atoms with Gasteiger partial charge < -0.3 is 15.9 Å². The quantitative estimate of drug-likeness (QED) is 0.556. The van der Waals surface area contributed by atoms with Gasteiger partial charge in [-0.05, 0) is 0 Å². The normalized spacial score (nSPS) is 32.2. The molecule has 0 aromatic heterocycles. The summed E-state index contributed by atoms with van der Waals surface area (Å²) in [6, 6.07) is -1.82. The number of rotatable bonds is 3. The maximum Gasteiger partial charge on any atom is 0.321 e. The monoisotopic (exact) mass is 195 g/mol. The molecule has 0 heterocycles. The summed E-state index contributed by atoms with van der Waals surface area (Å²) in [5.74, 6) is -10.6. The van der Waals surface area contributed by atoms with Crippen LogP contribution in [0.15, 0.2) is 0 Å². The molecular weight excluding hydrogens is 188 g/mol. The Morgan fingerprint density at radius 2 is 1.85 bits per heavy atom. The molecule has 13 heavy (non-hydrogen) atoms. The van der Waals surface area contributed by atoms with Crippen LogP contribution in [0.2, 0.25) is 0 Å². The van der Waals surface area contributed by atoms with E-state index in [2.05, 4.69) is 0 Å². The Morgan fingerprint density at radius 3 is 2.08 bits per heavy atom. The first kappa shape index (κ1) is 9.85. The first-order valence-corrected chi connectivity index (χ1v) is 3.39. The van der Waals surface area contributed by atoms with Gasteiger partial charge in [0.2, 0.25) is 0 Å². The van der Waals surface area contributed by atoms with Crippen molar-refractivity contribution in [1.82, 2.24) is 0 Å². The number of halogens is 2. The Balaban J connectivity index is 2.76. The van der Waals surface area contributed by atoms with Gasteiger partial charge in [-0.3, -0.25) is 9.59 Å². The summed E-state index contributed by atoms with van der Waals surface area (Å²) >= 11 is 0. The second kappa shape index (κ2) is 2.63. The van der Waals surface area contributed by atoms with Crippen molar-refractivity contribution in [2.75, 3.05) is 0 Å². The molecule has 0 aliphatic heterocycles. The lowest BCUT2D eigenvalue weighted by Gasteiger charge is -2.02. The van der Waals surface area contributed by atoms with Gasteiger partial charge in [0.05, 0.1) is 5.92 Å². The first-order chi connectivity index (χ1) is 5.80. The van der Waals surface area contributed by atoms with Crippen LogP contribution in [0, 0.1) is 11.8 Å². The maximum atomic E-state index is 12.6. The second-order valence-electron chi connectivity index (χ2n) is 2.88. The molecule has 0 spiro atoms. The molecular formula is C6H7F2NO4. The van der Waals surface area contributed by atoms with Gasteiger partial charge in [0.25, 0.3) is 5.92 Å². The number of nitrogens with two attached hydrogens (primary N) is 1. The van der Waals surface area contributed by atoms with E-state index in [-0.39, 0.29) is 0 Å². The molecule has 0 unspecified atom stereocenters. The zero-order valence-electron chi connectivity index (χ0n) is 6.28. The lowest BCUT2D eigenvalue weighted by Crippen LogP contribution is -2.34. The number of hydrogen-bond acceptors (Lipinski definition) is 3. The van der Waals surface area contributed by atoms with Gasteiger partial charge >= 0.3 is 11.9 Å². The van der Waals surface area contributed by atoms with Crippen molar-refractivity contribution in [2.45, 2.75) is 12.0 Å². The van der Waals surface area contributed by atoms with E-state index in [4.69, 9.17) is 15.9 Å². The Kier molecular flexibility index (Phi) is 1.99. The molecule has 0 radical (unpaired) electrons. The standard InChI is InChI=1S/C6H7F2NO4/c7-6(8)1(2(6)4(10)11)3(9)5(12)13/h1-3H,9H2,(H,10,11)(H,12,13)/t1-,2+,3+/m1/s1. The van der Waals surface area contributed by atoms with E-state index < -0.39 is 35.7 Å². The highest BCUT2D eigenvalue weighted by atomic mass is 19.3. The SMILES string of the molecule is N[C@H](C(=O)O)[C@H]1[C@@H](C(=O)O)C1(F)F. The van der Waals surface area contributed by atoms with Crippen molar-refractivity contribution in [1.29, 1.82) is 0 Å². The molecule has 1 rings (SSSR count). The highest BCUT2D eigenvalue weighted by Gasteiger charge is 2.75. The second-order valence-corrected chi connectivity index (χ2v) is 2.88. The minimum atomic E-state index is -3.50. The van der Waals surface area contributed by atoms with E-state index in [0.717, 1.165) is 0 Å². The fourth-order valence-corrected chi connectivity index (χ4v) is 1.27. The van der Waals surface area contributed by atoms with Gasteiger partial charge in [0.15, 0.2) is 0 Å². The lowest BCUT2D eigenvalue weighted by atomic mass is 10.1. The van der Waals surface area contributed by atoms with E-state index in [1.807, 2.05) is 0 Å². The van der Waals surface area contributed by atoms with Crippen LogP contribution in [0.3, 0.4) is 0 Å². The van der Waals surface area contributed by atoms with E-state index in [1.165, 1.54) is 0 Å². The van der Waals surface area contributed by atoms with Gasteiger partial charge in [-0.1, -0.05) is 0 Å².